The van der Waals surface area contributed by atoms with E-state index < -0.39 is 10.0 Å². The molecule has 0 radical (unpaired) electrons. The average molecular weight is 264 g/mol. The lowest BCUT2D eigenvalue weighted by atomic mass is 10.3. The normalized spacial score (nSPS) is 11.2. The molecular formula is C11H12N4O2S. The van der Waals surface area contributed by atoms with Crippen molar-refractivity contribution >= 4 is 21.7 Å². The molecule has 0 unspecified atom stereocenters. The van der Waals surface area contributed by atoms with Gasteiger partial charge in [-0.1, -0.05) is 0 Å². The fourth-order valence-corrected chi connectivity index (χ4v) is 1.83. The van der Waals surface area contributed by atoms with Gasteiger partial charge in [0.05, 0.1) is 4.90 Å². The van der Waals surface area contributed by atoms with Gasteiger partial charge in [-0.15, -0.1) is 0 Å². The third-order valence-corrected chi connectivity index (χ3v) is 3.15. The predicted molar refractivity (Wildman–Crippen MR) is 67.9 cm³/mol. The van der Waals surface area contributed by atoms with Gasteiger partial charge < -0.3 is 5.32 Å². The van der Waals surface area contributed by atoms with E-state index in [0.29, 0.717) is 11.6 Å². The van der Waals surface area contributed by atoms with Crippen molar-refractivity contribution in [2.45, 2.75) is 11.8 Å². The van der Waals surface area contributed by atoms with E-state index in [1.54, 1.807) is 24.5 Å². The highest BCUT2D eigenvalue weighted by Crippen LogP contribution is 2.15. The molecule has 0 aliphatic carbocycles. The van der Waals surface area contributed by atoms with Gasteiger partial charge in [-0.05, 0) is 36.8 Å². The van der Waals surface area contributed by atoms with E-state index in [9.17, 15) is 8.42 Å². The average Bonchev–Trinajstić information content (AvgIpc) is 2.32. The molecule has 6 nitrogen and oxygen atoms in total. The number of nitrogens with two attached hydrogens (primary N) is 1. The molecule has 2 aromatic rings. The van der Waals surface area contributed by atoms with Crippen molar-refractivity contribution in [3.63, 3.8) is 0 Å². The zero-order valence-corrected chi connectivity index (χ0v) is 10.5. The predicted octanol–water partition coefficient (Wildman–Crippen LogP) is 1.18. The second-order valence-corrected chi connectivity index (χ2v) is 5.34. The first-order valence-corrected chi connectivity index (χ1v) is 6.68. The number of hydrogen-bond donors (Lipinski definition) is 2. The summed E-state index contributed by atoms with van der Waals surface area (Å²) < 4.78 is 22.1. The number of primary sulfonamides is 1. The molecule has 18 heavy (non-hydrogen) atoms. The quantitative estimate of drug-likeness (QED) is 0.867. The van der Waals surface area contributed by atoms with Crippen LogP contribution in [0, 0.1) is 6.92 Å². The highest BCUT2D eigenvalue weighted by Gasteiger charge is 2.06. The molecular weight excluding hydrogens is 252 g/mol. The molecule has 0 saturated carbocycles. The number of benzene rings is 1. The molecule has 0 bridgehead atoms. The topological polar surface area (TPSA) is 98.0 Å². The highest BCUT2D eigenvalue weighted by molar-refractivity contribution is 7.89. The van der Waals surface area contributed by atoms with E-state index in [4.69, 9.17) is 5.14 Å². The lowest BCUT2D eigenvalue weighted by molar-refractivity contribution is 0.598. The molecule has 0 amide bonds. The van der Waals surface area contributed by atoms with Crippen molar-refractivity contribution in [1.29, 1.82) is 0 Å². The van der Waals surface area contributed by atoms with Gasteiger partial charge in [-0.2, -0.15) is 0 Å². The molecule has 7 heteroatoms. The summed E-state index contributed by atoms with van der Waals surface area (Å²) >= 11 is 0. The summed E-state index contributed by atoms with van der Waals surface area (Å²) in [6, 6.07) is 6.05. The van der Waals surface area contributed by atoms with Crippen LogP contribution in [0.1, 0.15) is 5.56 Å². The van der Waals surface area contributed by atoms with E-state index in [0.717, 1.165) is 5.56 Å². The fourth-order valence-electron chi connectivity index (χ4n) is 1.31. The van der Waals surface area contributed by atoms with Crippen LogP contribution in [-0.2, 0) is 10.0 Å². The summed E-state index contributed by atoms with van der Waals surface area (Å²) in [4.78, 5) is 8.23. The van der Waals surface area contributed by atoms with E-state index in [1.165, 1.54) is 12.1 Å². The van der Waals surface area contributed by atoms with E-state index in [1.807, 2.05) is 6.92 Å². The smallest absolute Gasteiger partial charge is 0.238 e. The molecule has 1 aromatic carbocycles. The Bertz CT molecular complexity index is 636. The SMILES string of the molecule is Cc1cnc(Nc2ccc(S(N)(=O)=O)cc2)nc1. The largest absolute Gasteiger partial charge is 0.324 e. The number of rotatable bonds is 3. The first-order chi connectivity index (χ1) is 8.45. The summed E-state index contributed by atoms with van der Waals surface area (Å²) in [5, 5.41) is 7.96. The second kappa shape index (κ2) is 4.71. The number of sulfonamides is 1. The minimum absolute atomic E-state index is 0.0675. The molecule has 1 heterocycles. The van der Waals surface area contributed by atoms with E-state index >= 15 is 0 Å². The first-order valence-electron chi connectivity index (χ1n) is 5.14. The summed E-state index contributed by atoms with van der Waals surface area (Å²) in [5.41, 5.74) is 1.65. The zero-order valence-electron chi connectivity index (χ0n) is 9.66. The van der Waals surface area contributed by atoms with Crippen LogP contribution in [0.5, 0.6) is 0 Å². The van der Waals surface area contributed by atoms with Gasteiger partial charge in [0.15, 0.2) is 0 Å². The lowest BCUT2D eigenvalue weighted by Crippen LogP contribution is -2.11. The van der Waals surface area contributed by atoms with Gasteiger partial charge in [-0.25, -0.2) is 23.5 Å². The van der Waals surface area contributed by atoms with Crippen molar-refractivity contribution in [3.8, 4) is 0 Å². The van der Waals surface area contributed by atoms with Gasteiger partial charge >= 0.3 is 0 Å². The fraction of sp³-hybridized carbons (Fsp3) is 0.0909. The number of hydrogen-bond acceptors (Lipinski definition) is 5. The molecule has 0 spiro atoms. The van der Waals surface area contributed by atoms with Crippen LogP contribution < -0.4 is 10.5 Å². The van der Waals surface area contributed by atoms with Crippen molar-refractivity contribution in [2.75, 3.05) is 5.32 Å². The van der Waals surface area contributed by atoms with E-state index in [2.05, 4.69) is 15.3 Å². The Kier molecular flexibility index (Phi) is 3.26. The lowest BCUT2D eigenvalue weighted by Gasteiger charge is -2.05. The third kappa shape index (κ3) is 3.02. The van der Waals surface area contributed by atoms with E-state index in [-0.39, 0.29) is 4.90 Å². The Labute approximate surface area is 105 Å². The number of aryl methyl sites for hydroxylation is 1. The maximum Gasteiger partial charge on any atom is 0.238 e. The van der Waals surface area contributed by atoms with Gasteiger partial charge in [0.1, 0.15) is 0 Å². The Morgan fingerprint density at radius 2 is 1.67 bits per heavy atom. The maximum absolute atomic E-state index is 11.1. The van der Waals surface area contributed by atoms with Crippen molar-refractivity contribution < 1.29 is 8.42 Å². The minimum Gasteiger partial charge on any atom is -0.324 e. The van der Waals surface area contributed by atoms with Crippen LogP contribution in [0.4, 0.5) is 11.6 Å². The molecule has 3 N–H and O–H groups in total. The summed E-state index contributed by atoms with van der Waals surface area (Å²) in [7, 11) is -3.66. The van der Waals surface area contributed by atoms with Gasteiger partial charge in [-0.3, -0.25) is 0 Å². The number of nitrogens with zero attached hydrogens (tertiary/aromatic N) is 2. The molecule has 0 aliphatic rings. The summed E-state index contributed by atoms with van der Waals surface area (Å²) in [5.74, 6) is 0.448. The maximum atomic E-state index is 11.1. The molecule has 0 atom stereocenters. The third-order valence-electron chi connectivity index (χ3n) is 2.22. The monoisotopic (exact) mass is 264 g/mol. The molecule has 0 aliphatic heterocycles. The van der Waals surface area contributed by atoms with Crippen molar-refractivity contribution in [1.82, 2.24) is 9.97 Å². The summed E-state index contributed by atoms with van der Waals surface area (Å²) in [6.45, 7) is 1.89. The number of anilines is 2. The van der Waals surface area contributed by atoms with Crippen molar-refractivity contribution in [3.05, 3.63) is 42.2 Å². The molecule has 94 valence electrons. The van der Waals surface area contributed by atoms with Crippen LogP contribution in [0.2, 0.25) is 0 Å². The Balaban J connectivity index is 2.18. The van der Waals surface area contributed by atoms with Gasteiger partial charge in [0.25, 0.3) is 0 Å². The minimum atomic E-state index is -3.66. The summed E-state index contributed by atoms with van der Waals surface area (Å²) in [6.07, 6.45) is 3.38. The standard InChI is InChI=1S/C11H12N4O2S/c1-8-6-13-11(14-7-8)15-9-2-4-10(5-3-9)18(12,16)17/h2-7H,1H3,(H2,12,16,17)(H,13,14,15). The Morgan fingerprint density at radius 1 is 1.11 bits per heavy atom. The van der Waals surface area contributed by atoms with Crippen LogP contribution in [0.25, 0.3) is 0 Å². The van der Waals surface area contributed by atoms with Gasteiger partial charge in [0, 0.05) is 18.1 Å². The molecule has 1 aromatic heterocycles. The number of aromatic nitrogens is 2. The van der Waals surface area contributed by atoms with Crippen molar-refractivity contribution in [2.24, 2.45) is 5.14 Å². The Morgan fingerprint density at radius 3 is 2.17 bits per heavy atom. The zero-order chi connectivity index (χ0) is 13.2. The molecule has 0 fully saturated rings. The first kappa shape index (κ1) is 12.5. The molecule has 0 saturated heterocycles. The number of nitrogens with one attached hydrogen (secondary N) is 1. The Hall–Kier alpha value is -1.99. The van der Waals surface area contributed by atoms with Gasteiger partial charge in [0.2, 0.25) is 16.0 Å². The van der Waals surface area contributed by atoms with Crippen LogP contribution in [0.3, 0.4) is 0 Å². The van der Waals surface area contributed by atoms with Crippen LogP contribution in [0.15, 0.2) is 41.6 Å². The highest BCUT2D eigenvalue weighted by atomic mass is 32.2. The van der Waals surface area contributed by atoms with Crippen LogP contribution >= 0.6 is 0 Å². The second-order valence-electron chi connectivity index (χ2n) is 3.78. The molecule has 2 rings (SSSR count). The van der Waals surface area contributed by atoms with Crippen LogP contribution in [-0.4, -0.2) is 18.4 Å².